The van der Waals surface area contributed by atoms with Gasteiger partial charge in [-0.2, -0.15) is 0 Å². The number of hydrogen-bond acceptors (Lipinski definition) is 1. The van der Waals surface area contributed by atoms with E-state index in [1.54, 1.807) is 0 Å². The van der Waals surface area contributed by atoms with Crippen LogP contribution in [0.1, 0.15) is 40.5 Å². The lowest BCUT2D eigenvalue weighted by atomic mass is 9.45. The van der Waals surface area contributed by atoms with E-state index in [-0.39, 0.29) is 10.8 Å². The Bertz CT molecular complexity index is 499. The number of rotatable bonds is 1. The summed E-state index contributed by atoms with van der Waals surface area (Å²) in [6, 6.07) is 0. The minimum atomic E-state index is 0.157. The Hall–Kier alpha value is -0.110. The van der Waals surface area contributed by atoms with Crippen LogP contribution in [0.25, 0.3) is 0 Å². The second-order valence-electron chi connectivity index (χ2n) is 7.28. The van der Waals surface area contributed by atoms with E-state index >= 15 is 0 Å². The van der Waals surface area contributed by atoms with Crippen molar-refractivity contribution < 1.29 is 4.79 Å². The molecule has 0 aromatic heterocycles. The van der Waals surface area contributed by atoms with E-state index in [2.05, 4.69) is 43.6 Å². The molecule has 4 rings (SSSR count). The van der Waals surface area contributed by atoms with Crippen molar-refractivity contribution in [3.05, 3.63) is 10.1 Å². The molecule has 5 unspecified atom stereocenters. The summed E-state index contributed by atoms with van der Waals surface area (Å²) >= 11 is 3.74. The van der Waals surface area contributed by atoms with E-state index in [4.69, 9.17) is 0 Å². The maximum absolute atomic E-state index is 11.4. The van der Waals surface area contributed by atoms with E-state index < -0.39 is 0 Å². The first-order valence-corrected chi connectivity index (χ1v) is 6.92. The molecule has 4 aliphatic rings. The van der Waals surface area contributed by atoms with Crippen LogP contribution in [0.2, 0.25) is 0 Å². The van der Waals surface area contributed by atoms with Crippen LogP contribution in [-0.4, -0.2) is 6.29 Å². The second-order valence-corrected chi connectivity index (χ2v) is 8.07. The minimum absolute atomic E-state index is 0.157. The topological polar surface area (TPSA) is 17.1 Å². The Morgan fingerprint density at radius 2 is 1.56 bits per heavy atom. The first kappa shape index (κ1) is 9.87. The van der Waals surface area contributed by atoms with Crippen LogP contribution in [-0.2, 0) is 4.79 Å². The Labute approximate surface area is 105 Å². The fourth-order valence-corrected chi connectivity index (χ4v) is 8.46. The number of carbonyl (C=O) groups is 1. The Kier molecular flexibility index (Phi) is 1.17. The standard InChI is InChI=1S/C14H17BrO/c1-10-6-12(3)13(4)7-11(2,14(10,12)13)9(15)8(10)5-16/h5H,6-7H2,1-4H3. The van der Waals surface area contributed by atoms with Gasteiger partial charge in [0.1, 0.15) is 6.29 Å². The predicted octanol–water partition coefficient (Wildman–Crippen LogP) is 3.68. The molecule has 4 aliphatic carbocycles. The van der Waals surface area contributed by atoms with Gasteiger partial charge in [0.2, 0.25) is 0 Å². The highest BCUT2D eigenvalue weighted by atomic mass is 79.9. The molecule has 0 N–H and O–H groups in total. The average Bonchev–Trinajstić information content (AvgIpc) is 2.40. The summed E-state index contributed by atoms with van der Waals surface area (Å²) in [7, 11) is 0. The lowest BCUT2D eigenvalue weighted by Gasteiger charge is -2.58. The summed E-state index contributed by atoms with van der Waals surface area (Å²) in [6.07, 6.45) is 3.57. The largest absolute Gasteiger partial charge is 0.298 e. The highest BCUT2D eigenvalue weighted by Gasteiger charge is 3.06. The fourth-order valence-electron chi connectivity index (χ4n) is 7.49. The molecule has 0 bridgehead atoms. The Balaban J connectivity index is 2.04. The number of allylic oxidation sites excluding steroid dienone is 2. The summed E-state index contributed by atoms with van der Waals surface area (Å²) in [5.41, 5.74) is 2.85. The summed E-state index contributed by atoms with van der Waals surface area (Å²) in [5.74, 6) is 0. The average molecular weight is 281 g/mol. The van der Waals surface area contributed by atoms with Crippen molar-refractivity contribution in [3.8, 4) is 0 Å². The number of carbonyl (C=O) groups excluding carboxylic acids is 1. The first-order valence-electron chi connectivity index (χ1n) is 6.13. The van der Waals surface area contributed by atoms with Gasteiger partial charge in [-0.1, -0.05) is 43.6 Å². The molecule has 0 heterocycles. The van der Waals surface area contributed by atoms with E-state index in [0.29, 0.717) is 16.2 Å². The molecule has 0 aromatic carbocycles. The quantitative estimate of drug-likeness (QED) is 0.670. The SMILES string of the molecule is CC12CC3(C)C4(C)CC(C)(C(C=O)=C1Br)C234. The lowest BCUT2D eigenvalue weighted by Crippen LogP contribution is -2.54. The predicted molar refractivity (Wildman–Crippen MR) is 66.1 cm³/mol. The third kappa shape index (κ3) is 0.434. The molecule has 2 heteroatoms. The summed E-state index contributed by atoms with van der Waals surface area (Å²) in [4.78, 5) is 11.4. The van der Waals surface area contributed by atoms with Gasteiger partial charge < -0.3 is 0 Å². The molecule has 0 radical (unpaired) electrons. The third-order valence-corrected chi connectivity index (χ3v) is 8.62. The smallest absolute Gasteiger partial charge is 0.147 e. The van der Waals surface area contributed by atoms with Gasteiger partial charge in [0, 0.05) is 26.3 Å². The van der Waals surface area contributed by atoms with Crippen LogP contribution in [0.4, 0.5) is 0 Å². The van der Waals surface area contributed by atoms with E-state index in [0.717, 1.165) is 11.9 Å². The van der Waals surface area contributed by atoms with Crippen molar-refractivity contribution in [1.82, 2.24) is 0 Å². The minimum Gasteiger partial charge on any atom is -0.298 e. The first-order chi connectivity index (χ1) is 7.27. The Morgan fingerprint density at radius 3 is 1.94 bits per heavy atom. The zero-order valence-corrected chi connectivity index (χ0v) is 11.9. The van der Waals surface area contributed by atoms with E-state index in [1.807, 2.05) is 0 Å². The van der Waals surface area contributed by atoms with Crippen LogP contribution in [0.3, 0.4) is 0 Å². The molecule has 86 valence electrons. The van der Waals surface area contributed by atoms with Gasteiger partial charge in [-0.25, -0.2) is 0 Å². The summed E-state index contributed by atoms with van der Waals surface area (Å²) in [6.45, 7) is 9.55. The maximum atomic E-state index is 11.4. The number of aldehydes is 1. The molecule has 16 heavy (non-hydrogen) atoms. The third-order valence-electron chi connectivity index (χ3n) is 7.31. The Morgan fingerprint density at radius 1 is 1.06 bits per heavy atom. The molecule has 0 saturated heterocycles. The van der Waals surface area contributed by atoms with E-state index in [9.17, 15) is 4.79 Å². The van der Waals surface area contributed by atoms with Crippen molar-refractivity contribution in [2.75, 3.05) is 0 Å². The van der Waals surface area contributed by atoms with Crippen LogP contribution in [0.15, 0.2) is 10.1 Å². The van der Waals surface area contributed by atoms with Gasteiger partial charge in [0.15, 0.2) is 0 Å². The molecule has 1 nitrogen and oxygen atoms in total. The normalized spacial score (nSPS) is 69.1. The van der Waals surface area contributed by atoms with Gasteiger partial charge in [-0.3, -0.25) is 4.79 Å². The number of halogens is 1. The number of fused-ring (bicyclic) bond motifs is 1. The maximum Gasteiger partial charge on any atom is 0.147 e. The van der Waals surface area contributed by atoms with Crippen LogP contribution < -0.4 is 0 Å². The van der Waals surface area contributed by atoms with E-state index in [1.165, 1.54) is 17.3 Å². The van der Waals surface area contributed by atoms with Crippen molar-refractivity contribution in [2.45, 2.75) is 40.5 Å². The van der Waals surface area contributed by atoms with Gasteiger partial charge in [0.05, 0.1) is 0 Å². The van der Waals surface area contributed by atoms with Crippen molar-refractivity contribution in [3.63, 3.8) is 0 Å². The summed E-state index contributed by atoms with van der Waals surface area (Å²) < 4.78 is 1.22. The van der Waals surface area contributed by atoms with Gasteiger partial charge in [-0.15, -0.1) is 0 Å². The summed E-state index contributed by atoms with van der Waals surface area (Å²) in [5, 5.41) is 0. The van der Waals surface area contributed by atoms with Crippen molar-refractivity contribution in [1.29, 1.82) is 0 Å². The van der Waals surface area contributed by atoms with Gasteiger partial charge >= 0.3 is 0 Å². The van der Waals surface area contributed by atoms with Crippen molar-refractivity contribution >= 4 is 22.2 Å². The van der Waals surface area contributed by atoms with Crippen LogP contribution in [0.5, 0.6) is 0 Å². The van der Waals surface area contributed by atoms with Gasteiger partial charge in [0.25, 0.3) is 0 Å². The molecule has 5 atom stereocenters. The molecule has 0 aliphatic heterocycles. The molecule has 1 spiro atoms. The molecular weight excluding hydrogens is 264 g/mol. The number of hydrogen-bond donors (Lipinski definition) is 0. The van der Waals surface area contributed by atoms with Crippen LogP contribution in [0, 0.1) is 27.1 Å². The monoisotopic (exact) mass is 280 g/mol. The molecule has 3 saturated carbocycles. The van der Waals surface area contributed by atoms with Gasteiger partial charge in [-0.05, 0) is 23.7 Å². The zero-order chi connectivity index (χ0) is 11.8. The fraction of sp³-hybridized carbons (Fsp3) is 0.786. The lowest BCUT2D eigenvalue weighted by molar-refractivity contribution is -0.112. The molecule has 3 fully saturated rings. The molecule has 0 aromatic rings. The second kappa shape index (κ2) is 1.90. The zero-order valence-electron chi connectivity index (χ0n) is 10.3. The molecule has 0 amide bonds. The van der Waals surface area contributed by atoms with Crippen LogP contribution >= 0.6 is 15.9 Å². The molecular formula is C14H17BrO. The highest BCUT2D eigenvalue weighted by Crippen LogP contribution is 3.11. The highest BCUT2D eigenvalue weighted by molar-refractivity contribution is 9.11. The van der Waals surface area contributed by atoms with Crippen molar-refractivity contribution in [2.24, 2.45) is 27.1 Å².